The number of carbonyl (C=O) groups excluding carboxylic acids is 2. The lowest BCUT2D eigenvalue weighted by molar-refractivity contribution is -0.199. The number of esters is 2. The van der Waals surface area contributed by atoms with Gasteiger partial charge in [-0.2, -0.15) is 8.42 Å². The molecule has 0 saturated carbocycles. The van der Waals surface area contributed by atoms with E-state index in [1.807, 2.05) is 31.2 Å². The molecule has 0 fully saturated rings. The minimum absolute atomic E-state index is 0.203. The molecule has 0 saturated heterocycles. The van der Waals surface area contributed by atoms with E-state index in [1.165, 1.54) is 14.0 Å². The summed E-state index contributed by atoms with van der Waals surface area (Å²) in [6.07, 6.45) is 6.13. The van der Waals surface area contributed by atoms with Gasteiger partial charge < -0.3 is 14.2 Å². The van der Waals surface area contributed by atoms with Gasteiger partial charge in [-0.1, -0.05) is 50.5 Å². The molecule has 0 heterocycles. The van der Waals surface area contributed by atoms with Gasteiger partial charge >= 0.3 is 11.9 Å². The Hall–Kier alpha value is -1.97. The van der Waals surface area contributed by atoms with Crippen molar-refractivity contribution in [3.05, 3.63) is 35.4 Å². The largest absolute Gasteiger partial charge is 0.467 e. The van der Waals surface area contributed by atoms with Gasteiger partial charge in [-0.05, 0) is 36.8 Å². The number of hydrogen-bond acceptors (Lipinski definition) is 8. The Morgan fingerprint density at radius 3 is 2.27 bits per heavy atom. The van der Waals surface area contributed by atoms with Crippen molar-refractivity contribution in [3.8, 4) is 0 Å². The second kappa shape index (κ2) is 15.8. The van der Waals surface area contributed by atoms with Crippen LogP contribution in [0.1, 0.15) is 69.9 Å². The molecule has 0 aromatic heterocycles. The standard InChI is InChI=1S/C24H38O8S/c1-5-6-16-23(31-19(2)25)32-22(24(26)29-3)18-21-15-11-10-14-20(21)13-9-7-8-12-17-30-33(4,27)28/h10-11,14-15,22-23H,5-9,12-13,16-18H2,1-4H3. The zero-order chi connectivity index (χ0) is 24.7. The van der Waals surface area contributed by atoms with Gasteiger partial charge in [-0.15, -0.1) is 0 Å². The van der Waals surface area contributed by atoms with Crippen molar-refractivity contribution in [2.24, 2.45) is 0 Å². The molecule has 1 aromatic rings. The maximum absolute atomic E-state index is 12.4. The molecule has 8 nitrogen and oxygen atoms in total. The number of aryl methyl sites for hydroxylation is 1. The molecule has 2 unspecified atom stereocenters. The first-order valence-electron chi connectivity index (χ1n) is 11.5. The molecule has 0 bridgehead atoms. The molecule has 0 amide bonds. The molecule has 1 rings (SSSR count). The number of hydrogen-bond donors (Lipinski definition) is 0. The second-order valence-electron chi connectivity index (χ2n) is 7.99. The molecule has 0 radical (unpaired) electrons. The lowest BCUT2D eigenvalue weighted by atomic mass is 9.97. The van der Waals surface area contributed by atoms with E-state index in [-0.39, 0.29) is 6.61 Å². The van der Waals surface area contributed by atoms with Crippen LogP contribution >= 0.6 is 0 Å². The normalized spacial score (nSPS) is 13.3. The highest BCUT2D eigenvalue weighted by Gasteiger charge is 2.27. The summed E-state index contributed by atoms with van der Waals surface area (Å²) >= 11 is 0. The van der Waals surface area contributed by atoms with Crippen LogP contribution < -0.4 is 0 Å². The number of carbonyl (C=O) groups is 2. The summed E-state index contributed by atoms with van der Waals surface area (Å²) in [4.78, 5) is 23.9. The van der Waals surface area contributed by atoms with Crippen molar-refractivity contribution in [3.63, 3.8) is 0 Å². The molecule has 0 N–H and O–H groups in total. The van der Waals surface area contributed by atoms with E-state index in [0.717, 1.165) is 55.9 Å². The third-order valence-corrected chi connectivity index (χ3v) is 5.63. The Morgan fingerprint density at radius 2 is 1.67 bits per heavy atom. The fraction of sp³-hybridized carbons (Fsp3) is 0.667. The van der Waals surface area contributed by atoms with Crippen molar-refractivity contribution in [2.75, 3.05) is 20.0 Å². The van der Waals surface area contributed by atoms with Crippen LogP contribution in [0.15, 0.2) is 24.3 Å². The monoisotopic (exact) mass is 486 g/mol. The van der Waals surface area contributed by atoms with E-state index in [1.54, 1.807) is 0 Å². The zero-order valence-corrected chi connectivity index (χ0v) is 21.0. The van der Waals surface area contributed by atoms with Crippen LogP contribution in [-0.4, -0.2) is 52.7 Å². The smallest absolute Gasteiger partial charge is 0.335 e. The molecule has 0 aliphatic carbocycles. The van der Waals surface area contributed by atoms with E-state index in [9.17, 15) is 18.0 Å². The third kappa shape index (κ3) is 13.4. The van der Waals surface area contributed by atoms with Crippen LogP contribution in [0, 0.1) is 0 Å². The van der Waals surface area contributed by atoms with Gasteiger partial charge in [0, 0.05) is 19.8 Å². The second-order valence-corrected chi connectivity index (χ2v) is 9.64. The topological polar surface area (TPSA) is 105 Å². The predicted octanol–water partition coefficient (Wildman–Crippen LogP) is 3.95. The lowest BCUT2D eigenvalue weighted by Crippen LogP contribution is -2.34. The van der Waals surface area contributed by atoms with Gasteiger partial charge in [0.25, 0.3) is 10.1 Å². The summed E-state index contributed by atoms with van der Waals surface area (Å²) in [6.45, 7) is 3.55. The number of methoxy groups -OCH3 is 1. The van der Waals surface area contributed by atoms with E-state index in [2.05, 4.69) is 0 Å². The van der Waals surface area contributed by atoms with Crippen LogP contribution in [0.3, 0.4) is 0 Å². The van der Waals surface area contributed by atoms with E-state index in [0.29, 0.717) is 19.3 Å². The molecule has 0 aliphatic heterocycles. The van der Waals surface area contributed by atoms with Crippen molar-refractivity contribution in [2.45, 2.75) is 84.0 Å². The Morgan fingerprint density at radius 1 is 1.00 bits per heavy atom. The van der Waals surface area contributed by atoms with Crippen molar-refractivity contribution >= 4 is 22.1 Å². The van der Waals surface area contributed by atoms with Crippen LogP contribution in [0.4, 0.5) is 0 Å². The zero-order valence-electron chi connectivity index (χ0n) is 20.2. The first-order chi connectivity index (χ1) is 15.7. The van der Waals surface area contributed by atoms with Crippen molar-refractivity contribution in [1.82, 2.24) is 0 Å². The number of unbranched alkanes of at least 4 members (excludes halogenated alkanes) is 4. The highest BCUT2D eigenvalue weighted by Crippen LogP contribution is 2.19. The summed E-state index contributed by atoms with van der Waals surface area (Å²) in [7, 11) is -2.07. The van der Waals surface area contributed by atoms with Gasteiger partial charge in [0.2, 0.25) is 6.29 Å². The number of rotatable bonds is 17. The molecule has 0 aliphatic rings. The molecule has 1 aromatic carbocycles. The van der Waals surface area contributed by atoms with Crippen molar-refractivity contribution < 1.29 is 36.4 Å². The summed E-state index contributed by atoms with van der Waals surface area (Å²) in [5.74, 6) is -0.966. The summed E-state index contributed by atoms with van der Waals surface area (Å²) in [5.41, 5.74) is 2.09. The fourth-order valence-electron chi connectivity index (χ4n) is 3.39. The molecule has 33 heavy (non-hydrogen) atoms. The molecule has 0 spiro atoms. The molecular weight excluding hydrogens is 448 g/mol. The Labute approximate surface area is 198 Å². The van der Waals surface area contributed by atoms with E-state index >= 15 is 0 Å². The van der Waals surface area contributed by atoms with Crippen LogP contribution in [0.25, 0.3) is 0 Å². The summed E-state index contributed by atoms with van der Waals surface area (Å²) in [5, 5.41) is 0. The third-order valence-electron chi connectivity index (χ3n) is 5.03. The Kier molecular flexibility index (Phi) is 13.9. The van der Waals surface area contributed by atoms with E-state index in [4.69, 9.17) is 18.4 Å². The number of ether oxygens (including phenoxy) is 3. The van der Waals surface area contributed by atoms with Gasteiger partial charge in [-0.3, -0.25) is 8.98 Å². The van der Waals surface area contributed by atoms with Gasteiger partial charge in [0.05, 0.1) is 20.0 Å². The van der Waals surface area contributed by atoms with Gasteiger partial charge in [0.1, 0.15) is 0 Å². The SMILES string of the molecule is CCCCC(OC(C)=O)OC(Cc1ccccc1CCCCCCOS(C)(=O)=O)C(=O)OC. The quantitative estimate of drug-likeness (QED) is 0.141. The average Bonchev–Trinajstić information content (AvgIpc) is 2.75. The maximum Gasteiger partial charge on any atom is 0.335 e. The van der Waals surface area contributed by atoms with E-state index < -0.39 is 34.5 Å². The Bertz CT molecular complexity index is 822. The van der Waals surface area contributed by atoms with Crippen molar-refractivity contribution in [1.29, 1.82) is 0 Å². The fourth-order valence-corrected chi connectivity index (χ4v) is 3.81. The Balaban J connectivity index is 2.71. The predicted molar refractivity (Wildman–Crippen MR) is 125 cm³/mol. The molecule has 188 valence electrons. The average molecular weight is 487 g/mol. The first kappa shape index (κ1) is 29.1. The molecular formula is C24H38O8S. The first-order valence-corrected chi connectivity index (χ1v) is 13.3. The minimum Gasteiger partial charge on any atom is -0.467 e. The van der Waals surface area contributed by atoms with Crippen LogP contribution in [-0.2, 0) is 50.9 Å². The summed E-state index contributed by atoms with van der Waals surface area (Å²) in [6, 6.07) is 7.85. The lowest BCUT2D eigenvalue weighted by Gasteiger charge is -2.24. The van der Waals surface area contributed by atoms with Gasteiger partial charge in [-0.25, -0.2) is 4.79 Å². The van der Waals surface area contributed by atoms with Crippen LogP contribution in [0.2, 0.25) is 0 Å². The highest BCUT2D eigenvalue weighted by atomic mass is 32.2. The van der Waals surface area contributed by atoms with Crippen LogP contribution in [0.5, 0.6) is 0 Å². The molecule has 2 atom stereocenters. The number of benzene rings is 1. The molecule has 9 heteroatoms. The maximum atomic E-state index is 12.4. The highest BCUT2D eigenvalue weighted by molar-refractivity contribution is 7.85. The minimum atomic E-state index is -3.38. The van der Waals surface area contributed by atoms with Gasteiger partial charge in [0.15, 0.2) is 6.10 Å². The summed E-state index contributed by atoms with van der Waals surface area (Å²) < 4.78 is 42.8.